The van der Waals surface area contributed by atoms with Crippen LogP contribution in [-0.2, 0) is 16.6 Å². The molecule has 2 aliphatic heterocycles. The fourth-order valence-electron chi connectivity index (χ4n) is 7.14. The average molecular weight is 510 g/mol. The van der Waals surface area contributed by atoms with Crippen LogP contribution in [0.3, 0.4) is 0 Å². The van der Waals surface area contributed by atoms with Crippen molar-refractivity contribution in [1.82, 2.24) is 4.90 Å². The van der Waals surface area contributed by atoms with E-state index in [2.05, 4.69) is 24.8 Å². The first-order valence-electron chi connectivity index (χ1n) is 14.1. The van der Waals surface area contributed by atoms with Gasteiger partial charge < -0.3 is 19.7 Å². The molecule has 0 aromatic heterocycles. The van der Waals surface area contributed by atoms with Crippen LogP contribution in [0.4, 0.5) is 0 Å². The molecule has 2 heterocycles. The van der Waals surface area contributed by atoms with E-state index in [1.54, 1.807) is 6.08 Å². The van der Waals surface area contributed by atoms with E-state index in [0.717, 1.165) is 42.5 Å². The molecule has 4 aliphatic rings. The molecule has 2 bridgehead atoms. The Morgan fingerprint density at radius 2 is 2.05 bits per heavy atom. The van der Waals surface area contributed by atoms with E-state index < -0.39 is 29.2 Å². The number of likely N-dealkylation sites (tertiary alicyclic amines) is 1. The highest BCUT2D eigenvalue weighted by molar-refractivity contribution is 5.85. The Morgan fingerprint density at radius 1 is 1.30 bits per heavy atom. The van der Waals surface area contributed by atoms with Gasteiger partial charge in [0.2, 0.25) is 0 Å². The number of benzene rings is 1. The van der Waals surface area contributed by atoms with E-state index in [4.69, 9.17) is 9.47 Å². The summed E-state index contributed by atoms with van der Waals surface area (Å²) in [4.78, 5) is 15.3. The number of carbonyl (C=O) groups is 1. The van der Waals surface area contributed by atoms with E-state index in [0.29, 0.717) is 30.4 Å². The molecular weight excluding hydrogens is 466 g/mol. The van der Waals surface area contributed by atoms with Gasteiger partial charge in [0, 0.05) is 30.8 Å². The highest BCUT2D eigenvalue weighted by Crippen LogP contribution is 2.63. The maximum Gasteiger partial charge on any atom is 0.336 e. The second-order valence-corrected chi connectivity index (χ2v) is 12.2. The minimum absolute atomic E-state index is 0.0264. The van der Waals surface area contributed by atoms with E-state index in [9.17, 15) is 15.0 Å². The van der Waals surface area contributed by atoms with Gasteiger partial charge in [0.15, 0.2) is 11.5 Å². The Hall–Kier alpha value is -2.15. The topological polar surface area (TPSA) is 79.2 Å². The van der Waals surface area contributed by atoms with E-state index in [1.165, 1.54) is 24.8 Å². The molecule has 0 amide bonds. The zero-order valence-corrected chi connectivity index (χ0v) is 23.0. The molecule has 2 aliphatic carbocycles. The van der Waals surface area contributed by atoms with Crippen LogP contribution in [0.2, 0.25) is 0 Å². The molecule has 1 aromatic rings. The molecule has 5 rings (SSSR count). The summed E-state index contributed by atoms with van der Waals surface area (Å²) in [6.45, 7) is 11.6. The normalized spacial score (nSPS) is 31.4. The third kappa shape index (κ3) is 4.35. The van der Waals surface area contributed by atoms with Crippen LogP contribution in [0.15, 0.2) is 35.4 Å². The van der Waals surface area contributed by atoms with Gasteiger partial charge in [-0.15, -0.1) is 0 Å². The molecule has 6 nitrogen and oxygen atoms in total. The standard InChI is InChI=1S/C31H43NO5/c1-6-23(33)29-31-18-32(17-21-11-8-12-21)25(30(31,5)35)16-22-13-14-24(28(37-29)27(22)31)36-26(34)15-20(4)10-7-9-19(2)3/h9,13-15,21,23,25,29,33,35H,6-8,10-12,16-18H2,1-5H3/b20-15+. The molecule has 6 heteroatoms. The molecular formula is C31H43NO5. The zero-order valence-electron chi connectivity index (χ0n) is 23.0. The van der Waals surface area contributed by atoms with Gasteiger partial charge in [0.25, 0.3) is 0 Å². The number of fused-ring (bicyclic) bond motifs is 1. The lowest BCUT2D eigenvalue weighted by molar-refractivity contribution is -0.129. The number of aliphatic hydroxyl groups is 2. The zero-order chi connectivity index (χ0) is 26.5. The van der Waals surface area contributed by atoms with Gasteiger partial charge in [-0.25, -0.2) is 4.79 Å². The molecule has 5 atom stereocenters. The molecule has 1 saturated carbocycles. The lowest BCUT2D eigenvalue weighted by atomic mass is 9.59. The van der Waals surface area contributed by atoms with Gasteiger partial charge in [0.05, 0.1) is 17.1 Å². The number of ether oxygens (including phenoxy) is 2. The fourth-order valence-corrected chi connectivity index (χ4v) is 7.14. The highest BCUT2D eigenvalue weighted by atomic mass is 16.6. The minimum atomic E-state index is -1.07. The maximum atomic E-state index is 12.9. The largest absolute Gasteiger partial charge is 0.482 e. The number of aliphatic hydroxyl groups excluding tert-OH is 1. The SMILES string of the molecule is CCC(O)C1Oc2c(OC(=O)/C=C(\C)CCC=C(C)C)ccc3c2C12CN(CC1CCC1)C(C3)C2(C)O. The first-order valence-corrected chi connectivity index (χ1v) is 14.1. The van der Waals surface area contributed by atoms with Crippen LogP contribution in [0.1, 0.15) is 84.3 Å². The monoisotopic (exact) mass is 509 g/mol. The first kappa shape index (κ1) is 26.5. The van der Waals surface area contributed by atoms with Crippen molar-refractivity contribution in [1.29, 1.82) is 0 Å². The number of allylic oxidation sites excluding steroid dienone is 3. The third-order valence-electron chi connectivity index (χ3n) is 9.39. The summed E-state index contributed by atoms with van der Waals surface area (Å²) < 4.78 is 12.4. The van der Waals surface area contributed by atoms with E-state index >= 15 is 0 Å². The predicted octanol–water partition coefficient (Wildman–Crippen LogP) is 4.85. The Kier molecular flexibility index (Phi) is 7.05. The van der Waals surface area contributed by atoms with Crippen molar-refractivity contribution in [2.45, 2.75) is 109 Å². The van der Waals surface area contributed by atoms with Crippen LogP contribution in [-0.4, -0.2) is 58.0 Å². The van der Waals surface area contributed by atoms with Crippen LogP contribution in [0.5, 0.6) is 11.5 Å². The summed E-state index contributed by atoms with van der Waals surface area (Å²) in [7, 11) is 0. The van der Waals surface area contributed by atoms with Gasteiger partial charge in [-0.05, 0) is 83.8 Å². The Labute approximate surface area is 221 Å². The third-order valence-corrected chi connectivity index (χ3v) is 9.39. The maximum absolute atomic E-state index is 12.9. The summed E-state index contributed by atoms with van der Waals surface area (Å²) in [5, 5.41) is 23.3. The number of carbonyl (C=O) groups excluding carboxylic acids is 1. The molecule has 1 saturated heterocycles. The minimum Gasteiger partial charge on any atom is -0.482 e. The Bertz CT molecular complexity index is 1110. The number of nitrogens with zero attached hydrogens (tertiary/aromatic N) is 1. The fraction of sp³-hybridized carbons (Fsp3) is 0.645. The molecule has 202 valence electrons. The Morgan fingerprint density at radius 3 is 2.70 bits per heavy atom. The van der Waals surface area contributed by atoms with Gasteiger partial charge in [-0.3, -0.25) is 4.90 Å². The summed E-state index contributed by atoms with van der Waals surface area (Å²) in [5.41, 5.74) is 2.44. The summed E-state index contributed by atoms with van der Waals surface area (Å²) in [6.07, 6.45) is 9.07. The van der Waals surface area contributed by atoms with Gasteiger partial charge in [-0.1, -0.05) is 36.6 Å². The van der Waals surface area contributed by atoms with Crippen molar-refractivity contribution in [2.24, 2.45) is 5.92 Å². The van der Waals surface area contributed by atoms with Crippen molar-refractivity contribution in [2.75, 3.05) is 13.1 Å². The number of esters is 1. The first-order chi connectivity index (χ1) is 17.6. The van der Waals surface area contributed by atoms with E-state index in [-0.39, 0.29) is 6.04 Å². The number of hydrogen-bond donors (Lipinski definition) is 2. The van der Waals surface area contributed by atoms with Gasteiger partial charge in [-0.2, -0.15) is 0 Å². The molecule has 5 unspecified atom stereocenters. The lowest BCUT2D eigenvalue weighted by Crippen LogP contribution is -2.63. The van der Waals surface area contributed by atoms with Crippen molar-refractivity contribution in [3.8, 4) is 11.5 Å². The summed E-state index contributed by atoms with van der Waals surface area (Å²) in [6, 6.07) is 3.82. The van der Waals surface area contributed by atoms with Crippen LogP contribution >= 0.6 is 0 Å². The summed E-state index contributed by atoms with van der Waals surface area (Å²) >= 11 is 0. The molecule has 2 fully saturated rings. The van der Waals surface area contributed by atoms with Crippen molar-refractivity contribution >= 4 is 5.97 Å². The van der Waals surface area contributed by atoms with Crippen LogP contribution < -0.4 is 9.47 Å². The second-order valence-electron chi connectivity index (χ2n) is 12.2. The predicted molar refractivity (Wildman–Crippen MR) is 144 cm³/mol. The quantitative estimate of drug-likeness (QED) is 0.215. The van der Waals surface area contributed by atoms with Crippen LogP contribution in [0, 0.1) is 5.92 Å². The smallest absolute Gasteiger partial charge is 0.336 e. The highest BCUT2D eigenvalue weighted by Gasteiger charge is 2.72. The van der Waals surface area contributed by atoms with E-state index in [1.807, 2.05) is 32.9 Å². The molecule has 1 aromatic carbocycles. The lowest BCUT2D eigenvalue weighted by Gasteiger charge is -2.46. The average Bonchev–Trinajstić information content (AvgIpc) is 3.19. The molecule has 1 spiro atoms. The molecule has 37 heavy (non-hydrogen) atoms. The second kappa shape index (κ2) is 9.87. The van der Waals surface area contributed by atoms with Gasteiger partial charge in [0.1, 0.15) is 6.10 Å². The van der Waals surface area contributed by atoms with Gasteiger partial charge >= 0.3 is 5.97 Å². The molecule has 2 N–H and O–H groups in total. The Balaban J connectivity index is 1.48. The van der Waals surface area contributed by atoms with Crippen LogP contribution in [0.25, 0.3) is 0 Å². The molecule has 0 radical (unpaired) electrons. The summed E-state index contributed by atoms with van der Waals surface area (Å²) in [5.74, 6) is 1.13. The van der Waals surface area contributed by atoms with Crippen molar-refractivity contribution < 1.29 is 24.5 Å². The number of rotatable bonds is 9. The van der Waals surface area contributed by atoms with Crippen molar-refractivity contribution in [3.05, 3.63) is 46.6 Å². The van der Waals surface area contributed by atoms with Crippen molar-refractivity contribution in [3.63, 3.8) is 0 Å². The number of hydrogen-bond acceptors (Lipinski definition) is 6.